The van der Waals surface area contributed by atoms with Crippen molar-refractivity contribution in [2.24, 2.45) is 5.41 Å². The Balaban J connectivity index is 1.08. The van der Waals surface area contributed by atoms with Gasteiger partial charge in [0.05, 0.1) is 5.69 Å². The maximum atomic E-state index is 13.2. The molecule has 7 rings (SSSR count). The van der Waals surface area contributed by atoms with Crippen LogP contribution in [0, 0.1) is 5.41 Å². The summed E-state index contributed by atoms with van der Waals surface area (Å²) < 4.78 is 16.7. The van der Waals surface area contributed by atoms with Crippen LogP contribution in [-0.2, 0) is 9.44 Å². The number of fused-ring (bicyclic) bond motifs is 2. The predicted octanol–water partition coefficient (Wildman–Crippen LogP) is 6.23. The van der Waals surface area contributed by atoms with E-state index in [9.17, 15) is 19.2 Å². The minimum absolute atomic E-state index is 0.152. The van der Waals surface area contributed by atoms with Gasteiger partial charge in [0.25, 0.3) is 11.5 Å². The van der Waals surface area contributed by atoms with Crippen LogP contribution >= 0.6 is 23.4 Å². The van der Waals surface area contributed by atoms with E-state index in [-0.39, 0.29) is 41.1 Å². The Hall–Kier alpha value is -3.22. The van der Waals surface area contributed by atoms with Gasteiger partial charge in [0.1, 0.15) is 5.65 Å². The number of halogens is 1. The number of aromatic nitrogens is 5. The normalized spacial score (nSPS) is 18.6. The number of rotatable bonds is 7. The van der Waals surface area contributed by atoms with Crippen LogP contribution in [0.5, 0.6) is 5.88 Å². The summed E-state index contributed by atoms with van der Waals surface area (Å²) in [5, 5.41) is 13.4. The summed E-state index contributed by atoms with van der Waals surface area (Å²) in [4.78, 5) is 43.5. The molecule has 1 radical (unpaired) electrons. The van der Waals surface area contributed by atoms with E-state index >= 15 is 0 Å². The molecule has 5 heterocycles. The molecule has 1 spiro atoms. The molecule has 2 atom stereocenters. The van der Waals surface area contributed by atoms with Crippen molar-refractivity contribution < 1.29 is 14.5 Å². The first-order valence-corrected chi connectivity index (χ1v) is 21.8. The summed E-state index contributed by atoms with van der Waals surface area (Å²) in [6, 6.07) is 10.1. The predicted molar refractivity (Wildman–Crippen MR) is 195 cm³/mol. The van der Waals surface area contributed by atoms with Gasteiger partial charge in [-0.1, -0.05) is 23.7 Å². The third kappa shape index (κ3) is 6.56. The Morgan fingerprint density at radius 1 is 1.10 bits per heavy atom. The van der Waals surface area contributed by atoms with Crippen LogP contribution in [0.1, 0.15) is 63.2 Å². The molecule has 1 saturated heterocycles. The van der Waals surface area contributed by atoms with E-state index in [1.807, 2.05) is 22.9 Å². The molecule has 1 aromatic carbocycles. The monoisotopic (exact) mass is 780 g/mol. The first-order chi connectivity index (χ1) is 23.4. The average Bonchev–Trinajstić information content (AvgIpc) is 3.71. The molecule has 2 N–H and O–H groups in total. The number of anilines is 2. The number of amides is 1. The molecule has 49 heavy (non-hydrogen) atoms. The summed E-state index contributed by atoms with van der Waals surface area (Å²) in [7, 11) is -0.757. The van der Waals surface area contributed by atoms with E-state index in [1.54, 1.807) is 36.5 Å². The number of hydrogen-bond donors (Lipinski definition) is 2. The molecule has 1 aliphatic heterocycles. The molecule has 2 aliphatic rings. The summed E-state index contributed by atoms with van der Waals surface area (Å²) in [5.74, 6) is -0.640. The molecule has 11 nitrogen and oxygen atoms in total. The van der Waals surface area contributed by atoms with E-state index in [1.165, 1.54) is 41.6 Å². The zero-order valence-corrected chi connectivity index (χ0v) is 31.6. The van der Waals surface area contributed by atoms with Crippen LogP contribution in [0.25, 0.3) is 11.3 Å². The van der Waals surface area contributed by atoms with Gasteiger partial charge in [-0.2, -0.15) is 4.98 Å². The first kappa shape index (κ1) is 34.2. The SMILES string of the molecule is CC(C)(C)[S+]([O-])[As][C@@H]1CCCC12CCN(c1ncc(Sc3cccc(NC(=O)c4c(O)nc5ccccn5c4=O)c3Cl)c3nccn13)CC2. The van der Waals surface area contributed by atoms with Crippen molar-refractivity contribution in [2.45, 2.75) is 72.1 Å². The average molecular weight is 781 g/mol. The Morgan fingerprint density at radius 2 is 1.90 bits per heavy atom. The molecule has 255 valence electrons. The molecule has 1 unspecified atom stereocenters. The van der Waals surface area contributed by atoms with Gasteiger partial charge in [0, 0.05) is 6.20 Å². The van der Waals surface area contributed by atoms with Gasteiger partial charge in [-0.25, -0.2) is 0 Å². The van der Waals surface area contributed by atoms with Crippen molar-refractivity contribution in [3.63, 3.8) is 0 Å². The Bertz CT molecular complexity index is 2110. The van der Waals surface area contributed by atoms with Crippen molar-refractivity contribution in [3.05, 3.63) is 82.1 Å². The number of imidazole rings is 1. The summed E-state index contributed by atoms with van der Waals surface area (Å²) >= 11 is 7.95. The number of nitrogens with one attached hydrogen (secondary N) is 1. The van der Waals surface area contributed by atoms with E-state index in [2.05, 4.69) is 41.0 Å². The van der Waals surface area contributed by atoms with E-state index in [0.29, 0.717) is 9.60 Å². The van der Waals surface area contributed by atoms with Crippen LogP contribution in [0.15, 0.2) is 75.8 Å². The van der Waals surface area contributed by atoms with Crippen LogP contribution in [0.3, 0.4) is 0 Å². The second-order valence-corrected chi connectivity index (χ2v) is 21.6. The van der Waals surface area contributed by atoms with Crippen LogP contribution in [0.2, 0.25) is 9.73 Å². The maximum absolute atomic E-state index is 13.2. The zero-order valence-electron chi connectivity index (χ0n) is 27.3. The molecular formula is C34H36AsClN7O4S2. The molecular weight excluding hydrogens is 745 g/mol. The molecule has 4 aromatic heterocycles. The number of aromatic hydroxyl groups is 1. The van der Waals surface area contributed by atoms with Crippen molar-refractivity contribution in [1.82, 2.24) is 23.8 Å². The minimum atomic E-state index is -0.824. The van der Waals surface area contributed by atoms with Crippen LogP contribution < -0.4 is 15.8 Å². The summed E-state index contributed by atoms with van der Waals surface area (Å²) in [5.41, 5.74) is 0.353. The van der Waals surface area contributed by atoms with Crippen molar-refractivity contribution >= 4 is 76.2 Å². The topological polar surface area (TPSA) is 140 Å². The molecule has 2 fully saturated rings. The Labute approximate surface area is 301 Å². The summed E-state index contributed by atoms with van der Waals surface area (Å²) in [6.45, 7) is 8.07. The molecule has 1 amide bonds. The summed E-state index contributed by atoms with van der Waals surface area (Å²) in [6.07, 6.45) is 12.8. The standard InChI is InChI=1S/C34H36AsClN7O4S2/c1-33(2,3)49(47)35-24-10-7-12-34(24)13-17-41(18-14-34)32-38-20-23(28-37-15-19-43(28)32)48-22-9-6-8-21(27(22)36)39-29(44)26-30(45)40-25-11-4-5-16-42(25)31(26)46/h4-6,8-9,11,15-16,19-20,24,45H,7,10,12-14,17-18H2,1-3H3,(H,39,44)/t24-,49?/m1/s1. The van der Waals surface area contributed by atoms with E-state index in [0.717, 1.165) is 42.4 Å². The van der Waals surface area contributed by atoms with Gasteiger partial charge in [-0.05, 0) is 18.2 Å². The fourth-order valence-corrected chi connectivity index (χ4v) is 15.6. The third-order valence-corrected chi connectivity index (χ3v) is 20.4. The second-order valence-electron chi connectivity index (χ2n) is 13.5. The van der Waals surface area contributed by atoms with Crippen molar-refractivity contribution in [1.29, 1.82) is 0 Å². The number of nitrogens with zero attached hydrogens (tertiary/aromatic N) is 6. The number of carbonyl (C=O) groups is 1. The first-order valence-electron chi connectivity index (χ1n) is 16.1. The van der Waals surface area contributed by atoms with Gasteiger partial charge >= 0.3 is 192 Å². The fraction of sp³-hybridized carbons (Fsp3) is 0.382. The number of pyridine rings is 1. The second kappa shape index (κ2) is 13.5. The third-order valence-electron chi connectivity index (χ3n) is 9.40. The Morgan fingerprint density at radius 3 is 2.67 bits per heavy atom. The molecule has 1 saturated carbocycles. The van der Waals surface area contributed by atoms with Gasteiger partial charge in [0.2, 0.25) is 5.88 Å². The van der Waals surface area contributed by atoms with Crippen molar-refractivity contribution in [3.8, 4) is 5.88 Å². The Kier molecular flexibility index (Phi) is 9.42. The zero-order chi connectivity index (χ0) is 34.5. The quantitative estimate of drug-likeness (QED) is 0.146. The molecule has 1 aliphatic carbocycles. The molecule has 5 aromatic rings. The fourth-order valence-electron chi connectivity index (χ4n) is 6.75. The molecule has 15 heteroatoms. The number of piperidine rings is 1. The van der Waals surface area contributed by atoms with Crippen molar-refractivity contribution in [2.75, 3.05) is 23.3 Å². The number of hydrogen-bond acceptors (Lipinski definition) is 9. The van der Waals surface area contributed by atoms with E-state index in [4.69, 9.17) is 16.6 Å². The van der Waals surface area contributed by atoms with Gasteiger partial charge in [0.15, 0.2) is 5.56 Å². The van der Waals surface area contributed by atoms with Gasteiger partial charge < -0.3 is 10.4 Å². The number of benzene rings is 1. The molecule has 0 bridgehead atoms. The van der Waals surface area contributed by atoms with Gasteiger partial charge in [-0.15, -0.1) is 0 Å². The van der Waals surface area contributed by atoms with Gasteiger partial charge in [-0.3, -0.25) is 14.0 Å². The van der Waals surface area contributed by atoms with Crippen LogP contribution in [-0.4, -0.2) is 71.8 Å². The number of carbonyl (C=O) groups excluding carboxylic acids is 1. The van der Waals surface area contributed by atoms with E-state index < -0.39 is 32.3 Å². The van der Waals surface area contributed by atoms with Crippen LogP contribution in [0.4, 0.5) is 11.6 Å².